The first-order chi connectivity index (χ1) is 10.5. The summed E-state index contributed by atoms with van der Waals surface area (Å²) in [6, 6.07) is 5.68. The highest BCUT2D eigenvalue weighted by Crippen LogP contribution is 2.24. The number of ether oxygens (including phenoxy) is 1. The molecule has 1 N–H and O–H groups in total. The van der Waals surface area contributed by atoms with E-state index in [1.165, 1.54) is 0 Å². The van der Waals surface area contributed by atoms with Crippen molar-refractivity contribution >= 4 is 40.6 Å². The molecule has 1 atom stereocenters. The highest BCUT2D eigenvalue weighted by atomic mass is 35.5. The van der Waals surface area contributed by atoms with Gasteiger partial charge in [-0.15, -0.1) is 0 Å². The number of thiocarbonyl (C=S) groups is 1. The van der Waals surface area contributed by atoms with Gasteiger partial charge in [-0.1, -0.05) is 17.7 Å². The molecule has 2 rings (SSSR count). The molecular formula is C16H21ClN2O2S. The van der Waals surface area contributed by atoms with Crippen LogP contribution in [0.15, 0.2) is 18.2 Å². The van der Waals surface area contributed by atoms with E-state index in [1.54, 1.807) is 0 Å². The number of halogens is 1. The molecular weight excluding hydrogens is 320 g/mol. The summed E-state index contributed by atoms with van der Waals surface area (Å²) in [5.41, 5.74) is 1.86. The molecule has 4 nitrogen and oxygen atoms in total. The predicted octanol–water partition coefficient (Wildman–Crippen LogP) is 3.62. The average molecular weight is 341 g/mol. The second-order valence-electron chi connectivity index (χ2n) is 5.38. The number of nitrogens with zero attached hydrogens (tertiary/aromatic N) is 1. The molecule has 1 aliphatic rings. The quantitative estimate of drug-likeness (QED) is 0.672. The van der Waals surface area contributed by atoms with Crippen LogP contribution in [0.3, 0.4) is 0 Å². The number of benzene rings is 1. The van der Waals surface area contributed by atoms with Crippen LogP contribution < -0.4 is 5.32 Å². The largest absolute Gasteiger partial charge is 0.466 e. The number of hydrogen-bond donors (Lipinski definition) is 1. The maximum Gasteiger partial charge on any atom is 0.310 e. The van der Waals surface area contributed by atoms with Crippen molar-refractivity contribution < 1.29 is 9.53 Å². The van der Waals surface area contributed by atoms with Gasteiger partial charge in [0.15, 0.2) is 5.11 Å². The Kier molecular flexibility index (Phi) is 6.03. The highest BCUT2D eigenvalue weighted by molar-refractivity contribution is 7.80. The summed E-state index contributed by atoms with van der Waals surface area (Å²) in [6.45, 7) is 5.64. The Bertz CT molecular complexity index is 565. The van der Waals surface area contributed by atoms with Crippen molar-refractivity contribution in [2.75, 3.05) is 25.0 Å². The molecule has 1 fully saturated rings. The Balaban J connectivity index is 2.00. The summed E-state index contributed by atoms with van der Waals surface area (Å²) in [5.74, 6) is -0.233. The van der Waals surface area contributed by atoms with Crippen LogP contribution in [0.1, 0.15) is 25.3 Å². The van der Waals surface area contributed by atoms with Crippen molar-refractivity contribution in [1.82, 2.24) is 4.90 Å². The molecule has 0 radical (unpaired) electrons. The summed E-state index contributed by atoms with van der Waals surface area (Å²) in [6.07, 6.45) is 1.79. The van der Waals surface area contributed by atoms with E-state index < -0.39 is 0 Å². The Morgan fingerprint density at radius 3 is 3.05 bits per heavy atom. The van der Waals surface area contributed by atoms with E-state index in [0.717, 1.165) is 30.6 Å². The topological polar surface area (TPSA) is 41.6 Å². The molecule has 0 aliphatic carbocycles. The lowest BCUT2D eigenvalue weighted by atomic mass is 9.98. The molecule has 6 heteroatoms. The van der Waals surface area contributed by atoms with Crippen LogP contribution in [0, 0.1) is 12.8 Å². The van der Waals surface area contributed by atoms with Gasteiger partial charge >= 0.3 is 5.97 Å². The van der Waals surface area contributed by atoms with Gasteiger partial charge in [0.25, 0.3) is 0 Å². The SMILES string of the molecule is CCOC(=O)[C@@H]1CCCN(C(=S)Nc2cccc(Cl)c2C)C1. The molecule has 22 heavy (non-hydrogen) atoms. The van der Waals surface area contributed by atoms with E-state index in [9.17, 15) is 4.79 Å². The number of hydrogen-bond acceptors (Lipinski definition) is 3. The lowest BCUT2D eigenvalue weighted by Crippen LogP contribution is -2.44. The van der Waals surface area contributed by atoms with Gasteiger partial charge in [0.05, 0.1) is 12.5 Å². The first-order valence-electron chi connectivity index (χ1n) is 7.50. The highest BCUT2D eigenvalue weighted by Gasteiger charge is 2.28. The van der Waals surface area contributed by atoms with Crippen LogP contribution in [0.2, 0.25) is 5.02 Å². The van der Waals surface area contributed by atoms with Crippen molar-refractivity contribution in [3.8, 4) is 0 Å². The summed E-state index contributed by atoms with van der Waals surface area (Å²) < 4.78 is 5.12. The van der Waals surface area contributed by atoms with Crippen LogP contribution in [0.4, 0.5) is 5.69 Å². The van der Waals surface area contributed by atoms with Gasteiger partial charge in [-0.3, -0.25) is 4.79 Å². The summed E-state index contributed by atoms with van der Waals surface area (Å²) in [7, 11) is 0. The maximum atomic E-state index is 11.9. The van der Waals surface area contributed by atoms with Gasteiger partial charge in [0, 0.05) is 23.8 Å². The molecule has 1 heterocycles. The van der Waals surface area contributed by atoms with E-state index in [1.807, 2.05) is 36.9 Å². The summed E-state index contributed by atoms with van der Waals surface area (Å²) in [4.78, 5) is 13.9. The molecule has 120 valence electrons. The van der Waals surface area contributed by atoms with Crippen LogP contribution in [0.25, 0.3) is 0 Å². The molecule has 1 aromatic carbocycles. The molecule has 0 aromatic heterocycles. The second kappa shape index (κ2) is 7.79. The Hall–Kier alpha value is -1.33. The third kappa shape index (κ3) is 4.11. The second-order valence-corrected chi connectivity index (χ2v) is 6.17. The lowest BCUT2D eigenvalue weighted by Gasteiger charge is -2.33. The predicted molar refractivity (Wildman–Crippen MR) is 93.3 cm³/mol. The Morgan fingerprint density at radius 1 is 1.55 bits per heavy atom. The zero-order valence-corrected chi connectivity index (χ0v) is 14.5. The number of carbonyl (C=O) groups excluding carboxylic acids is 1. The number of likely N-dealkylation sites (tertiary alicyclic amines) is 1. The van der Waals surface area contributed by atoms with Gasteiger partial charge in [-0.25, -0.2) is 0 Å². The van der Waals surface area contributed by atoms with Crippen molar-refractivity contribution in [3.63, 3.8) is 0 Å². The van der Waals surface area contributed by atoms with E-state index in [-0.39, 0.29) is 11.9 Å². The fourth-order valence-corrected chi connectivity index (χ4v) is 3.00. The van der Waals surface area contributed by atoms with Gasteiger partial charge < -0.3 is 15.0 Å². The number of piperidine rings is 1. The standard InChI is InChI=1S/C16H21ClN2O2S/c1-3-21-15(20)12-6-5-9-19(10-12)16(22)18-14-8-4-7-13(17)11(14)2/h4,7-8,12H,3,5-6,9-10H2,1-2H3,(H,18,22)/t12-/m1/s1. The van der Waals surface area contributed by atoms with E-state index in [4.69, 9.17) is 28.6 Å². The number of carbonyl (C=O) groups is 1. The van der Waals surface area contributed by atoms with Crippen molar-refractivity contribution in [3.05, 3.63) is 28.8 Å². The molecule has 0 unspecified atom stereocenters. The van der Waals surface area contributed by atoms with Gasteiger partial charge in [-0.05, 0) is 56.6 Å². The zero-order valence-electron chi connectivity index (χ0n) is 12.9. The molecule has 0 saturated carbocycles. The van der Waals surface area contributed by atoms with Crippen LogP contribution >= 0.6 is 23.8 Å². The average Bonchev–Trinajstić information content (AvgIpc) is 2.52. The molecule has 0 amide bonds. The van der Waals surface area contributed by atoms with Crippen molar-refractivity contribution in [1.29, 1.82) is 0 Å². The monoisotopic (exact) mass is 340 g/mol. The fourth-order valence-electron chi connectivity index (χ4n) is 2.55. The Morgan fingerprint density at radius 2 is 2.32 bits per heavy atom. The number of rotatable bonds is 3. The fraction of sp³-hybridized carbons (Fsp3) is 0.500. The van der Waals surface area contributed by atoms with Crippen molar-refractivity contribution in [2.45, 2.75) is 26.7 Å². The van der Waals surface area contributed by atoms with Gasteiger partial charge in [0.1, 0.15) is 0 Å². The molecule has 1 aliphatic heterocycles. The minimum Gasteiger partial charge on any atom is -0.466 e. The van der Waals surface area contributed by atoms with Gasteiger partial charge in [0.2, 0.25) is 0 Å². The summed E-state index contributed by atoms with van der Waals surface area (Å²) >= 11 is 11.6. The number of nitrogens with one attached hydrogen (secondary N) is 1. The van der Waals surface area contributed by atoms with E-state index in [2.05, 4.69) is 5.32 Å². The lowest BCUT2D eigenvalue weighted by molar-refractivity contribution is -0.149. The first-order valence-corrected chi connectivity index (χ1v) is 8.29. The zero-order chi connectivity index (χ0) is 16.1. The maximum absolute atomic E-state index is 11.9. The smallest absolute Gasteiger partial charge is 0.310 e. The third-order valence-electron chi connectivity index (χ3n) is 3.84. The summed E-state index contributed by atoms with van der Waals surface area (Å²) in [5, 5.41) is 4.56. The van der Waals surface area contributed by atoms with Crippen LogP contribution in [-0.2, 0) is 9.53 Å². The van der Waals surface area contributed by atoms with Gasteiger partial charge in [-0.2, -0.15) is 0 Å². The third-order valence-corrected chi connectivity index (χ3v) is 4.61. The van der Waals surface area contributed by atoms with E-state index >= 15 is 0 Å². The van der Waals surface area contributed by atoms with Crippen molar-refractivity contribution in [2.24, 2.45) is 5.92 Å². The molecule has 0 bridgehead atoms. The number of anilines is 1. The van der Waals surface area contributed by atoms with E-state index in [0.29, 0.717) is 23.3 Å². The molecule has 0 spiro atoms. The first kappa shape index (κ1) is 17.0. The van der Waals surface area contributed by atoms with Crippen LogP contribution in [0.5, 0.6) is 0 Å². The minimum atomic E-state index is -0.131. The molecule has 1 aromatic rings. The molecule has 1 saturated heterocycles. The normalized spacial score (nSPS) is 18.0. The van der Waals surface area contributed by atoms with Crippen LogP contribution in [-0.4, -0.2) is 35.7 Å². The number of esters is 1. The minimum absolute atomic E-state index is 0.103. The Labute approximate surface area is 141 Å².